The number of carbonyl (C=O) groups excluding carboxylic acids is 1. The van der Waals surface area contributed by atoms with Gasteiger partial charge >= 0.3 is 5.97 Å². The molecule has 0 aromatic rings. The van der Waals surface area contributed by atoms with Crippen molar-refractivity contribution in [3.8, 4) is 0 Å². The second-order valence-corrected chi connectivity index (χ2v) is 4.46. The SMILES string of the molecule is CCCC(CN)C(=O)N1C[C@H](O)C[C@H]1C(=O)O. The van der Waals surface area contributed by atoms with Crippen LogP contribution in [0.3, 0.4) is 0 Å². The zero-order chi connectivity index (χ0) is 13.0. The molecule has 1 rings (SSSR count). The first kappa shape index (κ1) is 13.9. The number of amides is 1. The van der Waals surface area contributed by atoms with Gasteiger partial charge in [0.1, 0.15) is 6.04 Å². The van der Waals surface area contributed by atoms with Crippen molar-refractivity contribution in [3.05, 3.63) is 0 Å². The van der Waals surface area contributed by atoms with Gasteiger partial charge < -0.3 is 20.8 Å². The summed E-state index contributed by atoms with van der Waals surface area (Å²) in [6.45, 7) is 2.26. The molecule has 1 aliphatic rings. The molecule has 0 saturated carbocycles. The van der Waals surface area contributed by atoms with Gasteiger partial charge in [0.15, 0.2) is 0 Å². The second-order valence-electron chi connectivity index (χ2n) is 4.46. The summed E-state index contributed by atoms with van der Waals surface area (Å²) in [7, 11) is 0. The summed E-state index contributed by atoms with van der Waals surface area (Å²) in [5, 5.41) is 18.5. The summed E-state index contributed by atoms with van der Waals surface area (Å²) < 4.78 is 0. The number of carboxylic acid groups (broad SMARTS) is 1. The maximum Gasteiger partial charge on any atom is 0.326 e. The number of hydrogen-bond acceptors (Lipinski definition) is 4. The van der Waals surface area contributed by atoms with Crippen molar-refractivity contribution in [3.63, 3.8) is 0 Å². The van der Waals surface area contributed by atoms with Crippen LogP contribution in [0.2, 0.25) is 0 Å². The minimum Gasteiger partial charge on any atom is -0.480 e. The first-order chi connectivity index (χ1) is 8.01. The summed E-state index contributed by atoms with van der Waals surface area (Å²) in [5.74, 6) is -1.66. The molecule has 0 aromatic heterocycles. The average molecular weight is 244 g/mol. The van der Waals surface area contributed by atoms with E-state index >= 15 is 0 Å². The molecule has 4 N–H and O–H groups in total. The molecule has 1 heterocycles. The van der Waals surface area contributed by atoms with Gasteiger partial charge in [0, 0.05) is 19.5 Å². The molecule has 1 amide bonds. The van der Waals surface area contributed by atoms with E-state index in [4.69, 9.17) is 10.8 Å². The van der Waals surface area contributed by atoms with Crippen molar-refractivity contribution in [1.82, 2.24) is 4.90 Å². The zero-order valence-electron chi connectivity index (χ0n) is 10.0. The van der Waals surface area contributed by atoms with Gasteiger partial charge in [-0.2, -0.15) is 0 Å². The molecular weight excluding hydrogens is 224 g/mol. The molecule has 1 unspecified atom stereocenters. The van der Waals surface area contributed by atoms with Crippen molar-refractivity contribution in [2.24, 2.45) is 11.7 Å². The molecule has 0 bridgehead atoms. The Labute approximate surface area is 100 Å². The number of carboxylic acids is 1. The molecule has 17 heavy (non-hydrogen) atoms. The second kappa shape index (κ2) is 5.97. The molecule has 0 aliphatic carbocycles. The predicted molar refractivity (Wildman–Crippen MR) is 61.2 cm³/mol. The molecule has 0 aromatic carbocycles. The Balaban J connectivity index is 2.75. The highest BCUT2D eigenvalue weighted by Gasteiger charge is 2.40. The summed E-state index contributed by atoms with van der Waals surface area (Å²) >= 11 is 0. The van der Waals surface area contributed by atoms with Gasteiger partial charge in [0.2, 0.25) is 5.91 Å². The molecule has 98 valence electrons. The molecule has 3 atom stereocenters. The standard InChI is InChI=1S/C11H20N2O4/c1-2-3-7(5-12)10(15)13-6-8(14)4-9(13)11(16)17/h7-9,14H,2-6,12H2,1H3,(H,16,17)/t7?,8-,9+/m1/s1. The lowest BCUT2D eigenvalue weighted by molar-refractivity contribution is -0.149. The van der Waals surface area contributed by atoms with E-state index < -0.39 is 18.1 Å². The smallest absolute Gasteiger partial charge is 0.326 e. The monoisotopic (exact) mass is 244 g/mol. The number of nitrogens with two attached hydrogens (primary N) is 1. The van der Waals surface area contributed by atoms with Crippen molar-refractivity contribution >= 4 is 11.9 Å². The fraction of sp³-hybridized carbons (Fsp3) is 0.818. The van der Waals surface area contributed by atoms with E-state index in [9.17, 15) is 14.7 Å². The van der Waals surface area contributed by atoms with Crippen LogP contribution in [-0.4, -0.2) is 52.2 Å². The molecule has 1 saturated heterocycles. The van der Waals surface area contributed by atoms with Gasteiger partial charge in [-0.1, -0.05) is 13.3 Å². The molecular formula is C11H20N2O4. The molecule has 1 aliphatic heterocycles. The Morgan fingerprint density at radius 2 is 2.18 bits per heavy atom. The highest BCUT2D eigenvalue weighted by molar-refractivity contribution is 5.86. The fourth-order valence-electron chi connectivity index (χ4n) is 2.22. The van der Waals surface area contributed by atoms with Gasteiger partial charge in [0.25, 0.3) is 0 Å². The Morgan fingerprint density at radius 1 is 1.53 bits per heavy atom. The van der Waals surface area contributed by atoms with Crippen LogP contribution in [0.15, 0.2) is 0 Å². The van der Waals surface area contributed by atoms with Crippen molar-refractivity contribution in [2.45, 2.75) is 38.3 Å². The van der Waals surface area contributed by atoms with E-state index in [2.05, 4.69) is 0 Å². The number of carbonyl (C=O) groups is 2. The van der Waals surface area contributed by atoms with Crippen LogP contribution in [0.25, 0.3) is 0 Å². The number of β-amino-alcohol motifs (C(OH)–C–C–N with tert-alkyl or cyclic N) is 1. The summed E-state index contributed by atoms with van der Waals surface area (Å²) in [6, 6.07) is -0.914. The Kier molecular flexibility index (Phi) is 4.89. The Bertz CT molecular complexity index is 295. The van der Waals surface area contributed by atoms with Gasteiger partial charge in [-0.05, 0) is 6.42 Å². The molecule has 1 fully saturated rings. The topological polar surface area (TPSA) is 104 Å². The molecule has 0 radical (unpaired) electrons. The lowest BCUT2D eigenvalue weighted by Gasteiger charge is -2.25. The average Bonchev–Trinajstić information content (AvgIpc) is 2.67. The predicted octanol–water partition coefficient (Wildman–Crippen LogP) is -0.592. The number of aliphatic carboxylic acids is 1. The third kappa shape index (κ3) is 3.17. The lowest BCUT2D eigenvalue weighted by Crippen LogP contribution is -2.45. The summed E-state index contributed by atoms with van der Waals surface area (Å²) in [5.41, 5.74) is 5.53. The van der Waals surface area contributed by atoms with Crippen LogP contribution in [0, 0.1) is 5.92 Å². The quantitative estimate of drug-likeness (QED) is 0.599. The van der Waals surface area contributed by atoms with Crippen LogP contribution >= 0.6 is 0 Å². The Morgan fingerprint density at radius 3 is 2.65 bits per heavy atom. The van der Waals surface area contributed by atoms with E-state index in [1.807, 2.05) is 6.92 Å². The maximum atomic E-state index is 12.1. The first-order valence-electron chi connectivity index (χ1n) is 5.92. The van der Waals surface area contributed by atoms with E-state index in [1.165, 1.54) is 4.90 Å². The summed E-state index contributed by atoms with van der Waals surface area (Å²) in [4.78, 5) is 24.3. The fourth-order valence-corrected chi connectivity index (χ4v) is 2.22. The van der Waals surface area contributed by atoms with E-state index in [0.717, 1.165) is 6.42 Å². The minimum atomic E-state index is -1.07. The van der Waals surface area contributed by atoms with Gasteiger partial charge in [-0.25, -0.2) is 4.79 Å². The van der Waals surface area contributed by atoms with Crippen LogP contribution in [0.1, 0.15) is 26.2 Å². The molecule has 6 nitrogen and oxygen atoms in total. The number of aliphatic hydroxyl groups is 1. The Hall–Kier alpha value is -1.14. The maximum absolute atomic E-state index is 12.1. The van der Waals surface area contributed by atoms with E-state index in [1.54, 1.807) is 0 Å². The van der Waals surface area contributed by atoms with Gasteiger partial charge in [-0.15, -0.1) is 0 Å². The minimum absolute atomic E-state index is 0.0933. The zero-order valence-corrected chi connectivity index (χ0v) is 10.0. The normalized spacial score (nSPS) is 25.9. The van der Waals surface area contributed by atoms with Gasteiger partial charge in [0.05, 0.1) is 12.0 Å². The third-order valence-electron chi connectivity index (χ3n) is 3.12. The van der Waals surface area contributed by atoms with E-state index in [0.29, 0.717) is 6.42 Å². The number of nitrogens with zero attached hydrogens (tertiary/aromatic N) is 1. The highest BCUT2D eigenvalue weighted by atomic mass is 16.4. The van der Waals surface area contributed by atoms with Crippen molar-refractivity contribution in [1.29, 1.82) is 0 Å². The van der Waals surface area contributed by atoms with Crippen LogP contribution in [0.4, 0.5) is 0 Å². The van der Waals surface area contributed by atoms with E-state index in [-0.39, 0.29) is 31.3 Å². The lowest BCUT2D eigenvalue weighted by atomic mass is 10.0. The summed E-state index contributed by atoms with van der Waals surface area (Å²) in [6.07, 6.45) is 0.820. The van der Waals surface area contributed by atoms with Crippen LogP contribution in [0.5, 0.6) is 0 Å². The number of hydrogen-bond donors (Lipinski definition) is 3. The van der Waals surface area contributed by atoms with Crippen LogP contribution in [-0.2, 0) is 9.59 Å². The van der Waals surface area contributed by atoms with Crippen LogP contribution < -0.4 is 5.73 Å². The van der Waals surface area contributed by atoms with Crippen molar-refractivity contribution in [2.75, 3.05) is 13.1 Å². The molecule has 6 heteroatoms. The third-order valence-corrected chi connectivity index (χ3v) is 3.12. The molecule has 0 spiro atoms. The number of rotatable bonds is 5. The van der Waals surface area contributed by atoms with Crippen molar-refractivity contribution < 1.29 is 19.8 Å². The number of likely N-dealkylation sites (tertiary alicyclic amines) is 1. The van der Waals surface area contributed by atoms with Gasteiger partial charge in [-0.3, -0.25) is 4.79 Å². The number of aliphatic hydroxyl groups excluding tert-OH is 1. The largest absolute Gasteiger partial charge is 0.480 e. The highest BCUT2D eigenvalue weighted by Crippen LogP contribution is 2.21. The first-order valence-corrected chi connectivity index (χ1v) is 5.92.